The average molecular weight is 480 g/mol. The highest BCUT2D eigenvalue weighted by Crippen LogP contribution is 2.32. The van der Waals surface area contributed by atoms with Gasteiger partial charge in [-0.15, -0.1) is 11.3 Å². The molecule has 3 heterocycles. The topological polar surface area (TPSA) is 84.7 Å². The Kier molecular flexibility index (Phi) is 6.12. The maximum atomic E-state index is 13.8. The Labute approximate surface area is 199 Å². The molecule has 174 valence electrons. The summed E-state index contributed by atoms with van der Waals surface area (Å²) < 4.78 is 24.8. The van der Waals surface area contributed by atoms with Crippen molar-refractivity contribution in [2.45, 2.75) is 13.0 Å². The number of carbonyl (C=O) groups excluding carboxylic acids is 2. The highest BCUT2D eigenvalue weighted by Gasteiger charge is 2.32. The fourth-order valence-corrected chi connectivity index (χ4v) is 5.03. The Morgan fingerprint density at radius 2 is 2.09 bits per heavy atom. The first-order chi connectivity index (χ1) is 16.5. The van der Waals surface area contributed by atoms with Crippen LogP contribution >= 0.6 is 11.3 Å². The summed E-state index contributed by atoms with van der Waals surface area (Å²) in [6, 6.07) is 12.8. The minimum Gasteiger partial charge on any atom is -0.464 e. The molecule has 0 aliphatic carbocycles. The van der Waals surface area contributed by atoms with E-state index in [-0.39, 0.29) is 35.9 Å². The van der Waals surface area contributed by atoms with E-state index in [1.54, 1.807) is 47.6 Å². The van der Waals surface area contributed by atoms with Crippen LogP contribution in [0.25, 0.3) is 21.4 Å². The molecule has 2 aromatic carbocycles. The van der Waals surface area contributed by atoms with Gasteiger partial charge >= 0.3 is 0 Å². The highest BCUT2D eigenvalue weighted by molar-refractivity contribution is 7.15. The number of thiazole rings is 1. The van der Waals surface area contributed by atoms with Crippen molar-refractivity contribution >= 4 is 34.1 Å². The lowest BCUT2D eigenvalue weighted by Gasteiger charge is -2.35. The lowest BCUT2D eigenvalue weighted by molar-refractivity contribution is -0.00152. The largest absolute Gasteiger partial charge is 0.464 e. The predicted octanol–water partition coefficient (Wildman–Crippen LogP) is 4.27. The quantitative estimate of drug-likeness (QED) is 0.462. The van der Waals surface area contributed by atoms with Gasteiger partial charge in [-0.1, -0.05) is 18.2 Å². The van der Waals surface area contributed by atoms with Crippen molar-refractivity contribution < 1.29 is 23.1 Å². The molecule has 1 unspecified atom stereocenters. The van der Waals surface area contributed by atoms with Crippen LogP contribution in [0, 0.1) is 12.7 Å². The van der Waals surface area contributed by atoms with E-state index in [0.29, 0.717) is 46.4 Å². The molecule has 9 heteroatoms. The molecule has 7 nitrogen and oxygen atoms in total. The summed E-state index contributed by atoms with van der Waals surface area (Å²) >= 11 is 1.35. The minimum atomic E-state index is -0.374. The predicted molar refractivity (Wildman–Crippen MR) is 126 cm³/mol. The lowest BCUT2D eigenvalue weighted by Crippen LogP contribution is -2.53. The average Bonchev–Trinajstić information content (AvgIpc) is 3.49. The van der Waals surface area contributed by atoms with Gasteiger partial charge in [0.05, 0.1) is 41.0 Å². The van der Waals surface area contributed by atoms with Gasteiger partial charge in [0.2, 0.25) is 0 Å². The summed E-state index contributed by atoms with van der Waals surface area (Å²) in [6.45, 7) is 3.09. The third-order valence-corrected chi connectivity index (χ3v) is 6.77. The van der Waals surface area contributed by atoms with Crippen molar-refractivity contribution in [2.75, 3.05) is 26.3 Å². The van der Waals surface area contributed by atoms with Crippen LogP contribution < -0.4 is 5.32 Å². The van der Waals surface area contributed by atoms with Crippen LogP contribution in [0.1, 0.15) is 25.9 Å². The number of benzene rings is 2. The molecule has 2 aromatic heterocycles. The van der Waals surface area contributed by atoms with Crippen molar-refractivity contribution in [3.8, 4) is 10.4 Å². The molecule has 1 saturated heterocycles. The maximum absolute atomic E-state index is 13.8. The van der Waals surface area contributed by atoms with E-state index in [1.807, 2.05) is 6.92 Å². The van der Waals surface area contributed by atoms with Gasteiger partial charge in [-0.2, -0.15) is 0 Å². The Morgan fingerprint density at radius 3 is 2.94 bits per heavy atom. The molecule has 0 radical (unpaired) electrons. The number of ether oxygens (including phenoxy) is 1. The normalized spacial score (nSPS) is 16.1. The standard InChI is InChI=1S/C25H22FN3O4S/c1-15-28-22(23(34-15)16-4-2-5-17(26)12-16)25(31)29-9-11-32-14-18(29)13-27-24(30)20-6-3-7-21-19(20)8-10-33-21/h2-8,10,12,18H,9,11,13-14H2,1H3,(H,27,30). The number of aryl methyl sites for hydroxylation is 1. The molecule has 1 fully saturated rings. The third-order valence-electron chi connectivity index (χ3n) is 5.75. The Balaban J connectivity index is 1.36. The van der Waals surface area contributed by atoms with Crippen molar-refractivity contribution in [3.63, 3.8) is 0 Å². The molecular weight excluding hydrogens is 457 g/mol. The zero-order chi connectivity index (χ0) is 23.7. The summed E-state index contributed by atoms with van der Waals surface area (Å²) in [6.07, 6.45) is 1.54. The van der Waals surface area contributed by atoms with E-state index in [9.17, 15) is 14.0 Å². The van der Waals surface area contributed by atoms with Gasteiger partial charge in [-0.25, -0.2) is 9.37 Å². The highest BCUT2D eigenvalue weighted by atomic mass is 32.1. The summed E-state index contributed by atoms with van der Waals surface area (Å²) in [5, 5.41) is 4.37. The number of rotatable bonds is 5. The molecule has 1 aliphatic heterocycles. The van der Waals surface area contributed by atoms with E-state index in [0.717, 1.165) is 5.39 Å². The number of nitrogens with one attached hydrogen (secondary N) is 1. The van der Waals surface area contributed by atoms with E-state index in [1.165, 1.54) is 23.5 Å². The first kappa shape index (κ1) is 22.2. The van der Waals surface area contributed by atoms with Crippen molar-refractivity contribution in [2.24, 2.45) is 0 Å². The summed E-state index contributed by atoms with van der Waals surface area (Å²) in [5.74, 6) is -0.889. The van der Waals surface area contributed by atoms with Crippen LogP contribution in [0.4, 0.5) is 4.39 Å². The van der Waals surface area contributed by atoms with E-state index >= 15 is 0 Å². The molecule has 1 N–H and O–H groups in total. The number of nitrogens with zero attached hydrogens (tertiary/aromatic N) is 2. The maximum Gasteiger partial charge on any atom is 0.274 e. The number of hydrogen-bond donors (Lipinski definition) is 1. The number of amides is 2. The Bertz CT molecular complexity index is 1370. The number of halogens is 1. The first-order valence-electron chi connectivity index (χ1n) is 10.9. The van der Waals surface area contributed by atoms with Crippen LogP contribution in [-0.4, -0.2) is 54.0 Å². The molecule has 2 amide bonds. The van der Waals surface area contributed by atoms with Crippen LogP contribution in [-0.2, 0) is 4.74 Å². The Morgan fingerprint density at radius 1 is 1.24 bits per heavy atom. The first-order valence-corrected chi connectivity index (χ1v) is 11.7. The third kappa shape index (κ3) is 4.32. The molecule has 0 spiro atoms. The number of morpholine rings is 1. The summed E-state index contributed by atoms with van der Waals surface area (Å²) in [4.78, 5) is 33.2. The van der Waals surface area contributed by atoms with Crippen molar-refractivity contribution in [1.82, 2.24) is 15.2 Å². The number of hydrogen-bond acceptors (Lipinski definition) is 6. The van der Waals surface area contributed by atoms with Gasteiger partial charge in [0.1, 0.15) is 17.1 Å². The van der Waals surface area contributed by atoms with Crippen LogP contribution in [0.2, 0.25) is 0 Å². The van der Waals surface area contributed by atoms with Gasteiger partial charge in [0.25, 0.3) is 11.8 Å². The molecule has 0 bridgehead atoms. The van der Waals surface area contributed by atoms with E-state index < -0.39 is 0 Å². The molecule has 34 heavy (non-hydrogen) atoms. The SMILES string of the molecule is Cc1nc(C(=O)N2CCOCC2CNC(=O)c2cccc3occc23)c(-c2cccc(F)c2)s1. The fraction of sp³-hybridized carbons (Fsp3) is 0.240. The number of aromatic nitrogens is 1. The van der Waals surface area contributed by atoms with Gasteiger partial charge < -0.3 is 19.4 Å². The molecule has 5 rings (SSSR count). The smallest absolute Gasteiger partial charge is 0.274 e. The van der Waals surface area contributed by atoms with Gasteiger partial charge in [0.15, 0.2) is 0 Å². The fourth-order valence-electron chi connectivity index (χ4n) is 4.12. The second-order valence-electron chi connectivity index (χ2n) is 8.00. The van der Waals surface area contributed by atoms with Gasteiger partial charge in [-0.3, -0.25) is 9.59 Å². The number of fused-ring (bicyclic) bond motifs is 1. The van der Waals surface area contributed by atoms with Crippen LogP contribution in [0.15, 0.2) is 59.2 Å². The second kappa shape index (κ2) is 9.36. The lowest BCUT2D eigenvalue weighted by atomic mass is 10.1. The van der Waals surface area contributed by atoms with E-state index in [4.69, 9.17) is 9.15 Å². The van der Waals surface area contributed by atoms with Crippen molar-refractivity contribution in [1.29, 1.82) is 0 Å². The van der Waals surface area contributed by atoms with Gasteiger partial charge in [-0.05, 0) is 42.8 Å². The molecule has 1 atom stereocenters. The molecule has 0 saturated carbocycles. The van der Waals surface area contributed by atoms with Crippen molar-refractivity contribution in [3.05, 3.63) is 76.9 Å². The zero-order valence-corrected chi connectivity index (χ0v) is 19.2. The summed E-state index contributed by atoms with van der Waals surface area (Å²) in [7, 11) is 0. The zero-order valence-electron chi connectivity index (χ0n) is 18.4. The number of carbonyl (C=O) groups is 2. The van der Waals surface area contributed by atoms with Crippen LogP contribution in [0.5, 0.6) is 0 Å². The Hall–Kier alpha value is -3.56. The van der Waals surface area contributed by atoms with E-state index in [2.05, 4.69) is 10.3 Å². The minimum absolute atomic E-state index is 0.219. The monoisotopic (exact) mass is 479 g/mol. The summed E-state index contributed by atoms with van der Waals surface area (Å²) in [5.41, 5.74) is 2.04. The second-order valence-corrected chi connectivity index (χ2v) is 9.20. The number of furan rings is 1. The molecular formula is C25H22FN3O4S. The molecule has 1 aliphatic rings. The van der Waals surface area contributed by atoms with Gasteiger partial charge in [0, 0.05) is 18.5 Å². The molecule has 4 aromatic rings. The van der Waals surface area contributed by atoms with Crippen LogP contribution in [0.3, 0.4) is 0 Å².